The highest BCUT2D eigenvalue weighted by Crippen LogP contribution is 2.11. The standard InChI is InChI=1S/C14H18ClNO4S/c1-2-3-4-13(14(17)18)16-21(19,20)10-9-11-5-7-12(15)8-6-11/h5-10,13,16H,2-4H2,1H3,(H,17,18)/b10-9+/t13-/m0/s1. The first kappa shape index (κ1) is 17.7. The van der Waals surface area contributed by atoms with Crippen molar-refractivity contribution in [1.82, 2.24) is 4.72 Å². The van der Waals surface area contributed by atoms with Gasteiger partial charge in [0.1, 0.15) is 6.04 Å². The fraction of sp³-hybridized carbons (Fsp3) is 0.357. The zero-order valence-corrected chi connectivity index (χ0v) is 13.2. The van der Waals surface area contributed by atoms with Crippen LogP contribution < -0.4 is 4.72 Å². The van der Waals surface area contributed by atoms with Crippen LogP contribution in [-0.2, 0) is 14.8 Å². The molecular formula is C14H18ClNO4S. The van der Waals surface area contributed by atoms with Gasteiger partial charge in [-0.05, 0) is 30.2 Å². The van der Waals surface area contributed by atoms with Gasteiger partial charge in [-0.1, -0.05) is 43.5 Å². The summed E-state index contributed by atoms with van der Waals surface area (Å²) in [5.74, 6) is -1.17. The summed E-state index contributed by atoms with van der Waals surface area (Å²) in [5.41, 5.74) is 0.658. The fourth-order valence-corrected chi connectivity index (χ4v) is 2.78. The molecule has 1 atom stereocenters. The lowest BCUT2D eigenvalue weighted by Gasteiger charge is -2.12. The number of aliphatic carboxylic acids is 1. The topological polar surface area (TPSA) is 83.5 Å². The third-order valence-electron chi connectivity index (χ3n) is 2.76. The highest BCUT2D eigenvalue weighted by atomic mass is 35.5. The maximum atomic E-state index is 11.9. The number of nitrogens with one attached hydrogen (secondary N) is 1. The minimum atomic E-state index is -3.81. The van der Waals surface area contributed by atoms with Gasteiger partial charge in [-0.25, -0.2) is 8.42 Å². The first-order chi connectivity index (χ1) is 9.84. The van der Waals surface area contributed by atoms with Crippen LogP contribution in [0.2, 0.25) is 5.02 Å². The van der Waals surface area contributed by atoms with Crippen molar-refractivity contribution in [3.05, 3.63) is 40.3 Å². The molecule has 5 nitrogen and oxygen atoms in total. The number of carboxylic acid groups (broad SMARTS) is 1. The average molecular weight is 332 g/mol. The van der Waals surface area contributed by atoms with E-state index in [1.54, 1.807) is 24.3 Å². The normalized spacial score (nSPS) is 13.4. The second kappa shape index (κ2) is 8.17. The van der Waals surface area contributed by atoms with Crippen molar-refractivity contribution < 1.29 is 18.3 Å². The molecule has 0 fully saturated rings. The van der Waals surface area contributed by atoms with Crippen molar-refractivity contribution in [3.8, 4) is 0 Å². The lowest BCUT2D eigenvalue weighted by atomic mass is 10.1. The van der Waals surface area contributed by atoms with Crippen LogP contribution in [0, 0.1) is 0 Å². The monoisotopic (exact) mass is 331 g/mol. The molecule has 0 aliphatic rings. The highest BCUT2D eigenvalue weighted by Gasteiger charge is 2.21. The number of carboxylic acids is 1. The number of carbonyl (C=O) groups is 1. The number of hydrogen-bond acceptors (Lipinski definition) is 3. The molecule has 0 saturated heterocycles. The fourth-order valence-electron chi connectivity index (χ4n) is 1.62. The second-order valence-corrected chi connectivity index (χ2v) is 6.58. The summed E-state index contributed by atoms with van der Waals surface area (Å²) in [6.07, 6.45) is 3.09. The van der Waals surface area contributed by atoms with Crippen LogP contribution in [0.4, 0.5) is 0 Å². The maximum absolute atomic E-state index is 11.9. The minimum absolute atomic E-state index is 0.264. The Balaban J connectivity index is 2.75. The third-order valence-corrected chi connectivity index (χ3v) is 4.12. The Bertz CT molecular complexity index is 596. The summed E-state index contributed by atoms with van der Waals surface area (Å²) in [4.78, 5) is 11.0. The van der Waals surface area contributed by atoms with Gasteiger partial charge in [-0.15, -0.1) is 0 Å². The number of halogens is 1. The van der Waals surface area contributed by atoms with Crippen molar-refractivity contribution in [2.45, 2.75) is 32.2 Å². The molecule has 0 heterocycles. The Labute approximate surface area is 129 Å². The van der Waals surface area contributed by atoms with Crippen molar-refractivity contribution >= 4 is 33.7 Å². The lowest BCUT2D eigenvalue weighted by Crippen LogP contribution is -2.39. The van der Waals surface area contributed by atoms with Gasteiger partial charge in [0.25, 0.3) is 0 Å². The van der Waals surface area contributed by atoms with Crippen LogP contribution in [0.3, 0.4) is 0 Å². The molecule has 7 heteroatoms. The lowest BCUT2D eigenvalue weighted by molar-refractivity contribution is -0.139. The van der Waals surface area contributed by atoms with E-state index in [1.165, 1.54) is 6.08 Å². The van der Waals surface area contributed by atoms with E-state index in [0.29, 0.717) is 17.0 Å². The number of hydrogen-bond donors (Lipinski definition) is 2. The van der Waals surface area contributed by atoms with E-state index in [1.807, 2.05) is 6.92 Å². The molecule has 1 aromatic carbocycles. The molecule has 0 saturated carbocycles. The molecule has 21 heavy (non-hydrogen) atoms. The van der Waals surface area contributed by atoms with Gasteiger partial charge in [0.05, 0.1) is 0 Å². The summed E-state index contributed by atoms with van der Waals surface area (Å²) >= 11 is 5.73. The molecule has 0 aliphatic heterocycles. The van der Waals surface area contributed by atoms with Crippen LogP contribution in [0.25, 0.3) is 6.08 Å². The molecule has 0 bridgehead atoms. The van der Waals surface area contributed by atoms with E-state index in [-0.39, 0.29) is 6.42 Å². The summed E-state index contributed by atoms with van der Waals surface area (Å²) < 4.78 is 25.9. The van der Waals surface area contributed by atoms with E-state index in [0.717, 1.165) is 11.8 Å². The Kier molecular flexibility index (Phi) is 6.87. The van der Waals surface area contributed by atoms with Gasteiger partial charge in [0, 0.05) is 10.4 Å². The van der Waals surface area contributed by atoms with E-state index in [9.17, 15) is 13.2 Å². The Morgan fingerprint density at radius 1 is 1.38 bits per heavy atom. The number of sulfonamides is 1. The highest BCUT2D eigenvalue weighted by molar-refractivity contribution is 7.92. The van der Waals surface area contributed by atoms with Crippen LogP contribution in [-0.4, -0.2) is 25.5 Å². The maximum Gasteiger partial charge on any atom is 0.321 e. The largest absolute Gasteiger partial charge is 0.480 e. The number of benzene rings is 1. The summed E-state index contributed by atoms with van der Waals surface area (Å²) in [6, 6.07) is 5.51. The first-order valence-electron chi connectivity index (χ1n) is 6.53. The predicted molar refractivity (Wildman–Crippen MR) is 83.5 cm³/mol. The molecule has 0 spiro atoms. The SMILES string of the molecule is CCCC[C@H](NS(=O)(=O)/C=C/c1ccc(Cl)cc1)C(=O)O. The van der Waals surface area contributed by atoms with Gasteiger partial charge in [0.15, 0.2) is 0 Å². The van der Waals surface area contributed by atoms with Gasteiger partial charge in [0.2, 0.25) is 10.0 Å². The predicted octanol–water partition coefficient (Wildman–Crippen LogP) is 2.87. The molecule has 0 unspecified atom stereocenters. The zero-order valence-electron chi connectivity index (χ0n) is 11.6. The quantitative estimate of drug-likeness (QED) is 0.767. The molecule has 116 valence electrons. The van der Waals surface area contributed by atoms with Gasteiger partial charge in [-0.3, -0.25) is 4.79 Å². The van der Waals surface area contributed by atoms with Crippen molar-refractivity contribution in [3.63, 3.8) is 0 Å². The van der Waals surface area contributed by atoms with Crippen LogP contribution >= 0.6 is 11.6 Å². The van der Waals surface area contributed by atoms with E-state index >= 15 is 0 Å². The number of unbranched alkanes of at least 4 members (excludes halogenated alkanes) is 1. The van der Waals surface area contributed by atoms with Crippen molar-refractivity contribution in [1.29, 1.82) is 0 Å². The Hall–Kier alpha value is -1.37. The molecular weight excluding hydrogens is 314 g/mol. The molecule has 0 aromatic heterocycles. The smallest absolute Gasteiger partial charge is 0.321 e. The molecule has 1 rings (SSSR count). The van der Waals surface area contributed by atoms with Crippen LogP contribution in [0.5, 0.6) is 0 Å². The Morgan fingerprint density at radius 2 is 2.00 bits per heavy atom. The summed E-state index contributed by atoms with van der Waals surface area (Å²) in [7, 11) is -3.81. The van der Waals surface area contributed by atoms with E-state index < -0.39 is 22.0 Å². The van der Waals surface area contributed by atoms with Crippen molar-refractivity contribution in [2.24, 2.45) is 0 Å². The number of rotatable bonds is 8. The molecule has 0 aliphatic carbocycles. The second-order valence-electron chi connectivity index (χ2n) is 4.55. The average Bonchev–Trinajstić information content (AvgIpc) is 2.42. The van der Waals surface area contributed by atoms with Crippen LogP contribution in [0.15, 0.2) is 29.7 Å². The van der Waals surface area contributed by atoms with Crippen LogP contribution in [0.1, 0.15) is 31.7 Å². The first-order valence-corrected chi connectivity index (χ1v) is 8.45. The van der Waals surface area contributed by atoms with Gasteiger partial charge >= 0.3 is 5.97 Å². The third kappa shape index (κ3) is 6.75. The van der Waals surface area contributed by atoms with Gasteiger partial charge in [-0.2, -0.15) is 4.72 Å². The summed E-state index contributed by atoms with van der Waals surface area (Å²) in [6.45, 7) is 1.91. The zero-order chi connectivity index (χ0) is 15.9. The van der Waals surface area contributed by atoms with E-state index in [2.05, 4.69) is 4.72 Å². The van der Waals surface area contributed by atoms with Gasteiger partial charge < -0.3 is 5.11 Å². The van der Waals surface area contributed by atoms with Crippen molar-refractivity contribution in [2.75, 3.05) is 0 Å². The van der Waals surface area contributed by atoms with E-state index in [4.69, 9.17) is 16.7 Å². The molecule has 2 N–H and O–H groups in total. The minimum Gasteiger partial charge on any atom is -0.480 e. The molecule has 0 radical (unpaired) electrons. The molecule has 0 amide bonds. The Morgan fingerprint density at radius 3 is 2.52 bits per heavy atom. The summed E-state index contributed by atoms with van der Waals surface area (Å²) in [5, 5.41) is 10.5. The molecule has 1 aromatic rings.